The number of anilines is 1. The Morgan fingerprint density at radius 1 is 1.06 bits per heavy atom. The lowest BCUT2D eigenvalue weighted by Gasteiger charge is -2.16. The number of nitrogens with one attached hydrogen (secondary N) is 1. The second kappa shape index (κ2) is 8.28. The van der Waals surface area contributed by atoms with E-state index in [-0.39, 0.29) is 23.9 Å². The fourth-order valence-electron chi connectivity index (χ4n) is 3.58. The summed E-state index contributed by atoms with van der Waals surface area (Å²) in [6.45, 7) is 5.64. The zero-order valence-electron chi connectivity index (χ0n) is 17.6. The Hall–Kier alpha value is -3.58. The van der Waals surface area contributed by atoms with Crippen molar-refractivity contribution in [3.63, 3.8) is 0 Å². The van der Waals surface area contributed by atoms with Crippen molar-refractivity contribution < 1.29 is 9.50 Å². The van der Waals surface area contributed by atoms with Gasteiger partial charge in [-0.25, -0.2) is 9.37 Å². The molecule has 2 N–H and O–H groups in total. The molecule has 6 nitrogen and oxygen atoms in total. The third kappa shape index (κ3) is 4.04. The van der Waals surface area contributed by atoms with Crippen LogP contribution in [0.25, 0.3) is 28.0 Å². The van der Waals surface area contributed by atoms with Crippen LogP contribution in [0.4, 0.5) is 10.3 Å². The van der Waals surface area contributed by atoms with Crippen molar-refractivity contribution in [2.45, 2.75) is 26.9 Å². The summed E-state index contributed by atoms with van der Waals surface area (Å²) < 4.78 is 15.3. The van der Waals surface area contributed by atoms with E-state index in [2.05, 4.69) is 15.3 Å². The summed E-state index contributed by atoms with van der Waals surface area (Å²) in [5.74, 6) is -0.0519. The lowest BCUT2D eigenvalue weighted by atomic mass is 10.0. The molecule has 0 saturated carbocycles. The van der Waals surface area contributed by atoms with Crippen LogP contribution >= 0.6 is 0 Å². The molecule has 0 unspecified atom stereocenters. The van der Waals surface area contributed by atoms with Crippen LogP contribution in [-0.4, -0.2) is 32.3 Å². The van der Waals surface area contributed by atoms with E-state index in [1.807, 2.05) is 38.1 Å². The molecule has 158 valence electrons. The van der Waals surface area contributed by atoms with Gasteiger partial charge >= 0.3 is 0 Å². The molecular formula is C24H23FN4O2. The van der Waals surface area contributed by atoms with Gasteiger partial charge in [-0.1, -0.05) is 18.2 Å². The van der Waals surface area contributed by atoms with E-state index in [1.165, 1.54) is 18.2 Å². The minimum absolute atomic E-state index is 0.219. The molecule has 4 rings (SSSR count). The van der Waals surface area contributed by atoms with E-state index < -0.39 is 6.10 Å². The maximum absolute atomic E-state index is 13.7. The third-order valence-electron chi connectivity index (χ3n) is 5.11. The molecule has 0 aliphatic heterocycles. The van der Waals surface area contributed by atoms with Crippen molar-refractivity contribution in [1.29, 1.82) is 0 Å². The Kier molecular flexibility index (Phi) is 5.52. The van der Waals surface area contributed by atoms with Crippen LogP contribution in [0.3, 0.4) is 0 Å². The number of aliphatic hydroxyl groups is 1. The summed E-state index contributed by atoms with van der Waals surface area (Å²) in [6, 6.07) is 15.3. The number of nitrogens with zero attached hydrogens (tertiary/aromatic N) is 3. The monoisotopic (exact) mass is 418 g/mol. The molecule has 0 spiro atoms. The van der Waals surface area contributed by atoms with Crippen LogP contribution in [0.15, 0.2) is 59.4 Å². The smallest absolute Gasteiger partial charge is 0.256 e. The second-order valence-corrected chi connectivity index (χ2v) is 7.62. The van der Waals surface area contributed by atoms with Gasteiger partial charge in [0.05, 0.1) is 17.5 Å². The average Bonchev–Trinajstić information content (AvgIpc) is 2.72. The quantitative estimate of drug-likeness (QED) is 0.512. The number of para-hydroxylation sites is 1. The maximum atomic E-state index is 13.7. The van der Waals surface area contributed by atoms with Crippen molar-refractivity contribution in [1.82, 2.24) is 14.5 Å². The molecule has 0 bridgehead atoms. The van der Waals surface area contributed by atoms with Gasteiger partial charge in [-0.2, -0.15) is 4.98 Å². The van der Waals surface area contributed by atoms with E-state index in [0.717, 1.165) is 22.4 Å². The van der Waals surface area contributed by atoms with E-state index in [4.69, 9.17) is 0 Å². The molecule has 1 atom stereocenters. The Balaban J connectivity index is 2.07. The Morgan fingerprint density at radius 3 is 2.55 bits per heavy atom. The van der Waals surface area contributed by atoms with Gasteiger partial charge in [0.25, 0.3) is 5.56 Å². The molecule has 31 heavy (non-hydrogen) atoms. The largest absolute Gasteiger partial charge is 0.392 e. The molecule has 2 aromatic heterocycles. The zero-order chi connectivity index (χ0) is 22.1. The molecule has 0 saturated heterocycles. The molecule has 2 heterocycles. The summed E-state index contributed by atoms with van der Waals surface area (Å²) in [7, 11) is 0. The molecule has 4 aromatic rings. The van der Waals surface area contributed by atoms with Gasteiger partial charge < -0.3 is 10.4 Å². The molecule has 7 heteroatoms. The molecule has 0 fully saturated rings. The van der Waals surface area contributed by atoms with Crippen LogP contribution < -0.4 is 10.9 Å². The van der Waals surface area contributed by atoms with Crippen LogP contribution in [0, 0.1) is 19.7 Å². The number of halogens is 1. The van der Waals surface area contributed by atoms with Gasteiger partial charge in [-0.3, -0.25) is 9.36 Å². The SMILES string of the molecule is Cc1cc(F)ccc1-c1nc(NC[C@@H](C)O)nc2c1ccc(=O)n2-c1ccccc1C. The summed E-state index contributed by atoms with van der Waals surface area (Å²) >= 11 is 0. The van der Waals surface area contributed by atoms with Crippen molar-refractivity contribution in [2.75, 3.05) is 11.9 Å². The average molecular weight is 418 g/mol. The molecular weight excluding hydrogens is 395 g/mol. The van der Waals surface area contributed by atoms with Crippen LogP contribution in [0.5, 0.6) is 0 Å². The minimum Gasteiger partial charge on any atom is -0.392 e. The van der Waals surface area contributed by atoms with Gasteiger partial charge in [0.15, 0.2) is 5.65 Å². The minimum atomic E-state index is -0.607. The van der Waals surface area contributed by atoms with E-state index in [1.54, 1.807) is 23.6 Å². The van der Waals surface area contributed by atoms with Crippen LogP contribution in [0.1, 0.15) is 18.1 Å². The first-order valence-electron chi connectivity index (χ1n) is 10.0. The van der Waals surface area contributed by atoms with Crippen LogP contribution in [0.2, 0.25) is 0 Å². The van der Waals surface area contributed by atoms with Gasteiger partial charge in [-0.05, 0) is 62.2 Å². The lowest BCUT2D eigenvalue weighted by Crippen LogP contribution is -2.21. The number of fused-ring (bicyclic) bond motifs is 1. The first-order valence-corrected chi connectivity index (χ1v) is 10.0. The number of aryl methyl sites for hydroxylation is 2. The van der Waals surface area contributed by atoms with Crippen molar-refractivity contribution in [3.05, 3.63) is 81.9 Å². The lowest BCUT2D eigenvalue weighted by molar-refractivity contribution is 0.208. The fraction of sp³-hybridized carbons (Fsp3) is 0.208. The first kappa shape index (κ1) is 20.7. The number of hydrogen-bond acceptors (Lipinski definition) is 5. The molecule has 0 aliphatic rings. The van der Waals surface area contributed by atoms with Gasteiger partial charge in [-0.15, -0.1) is 0 Å². The number of rotatable bonds is 5. The highest BCUT2D eigenvalue weighted by molar-refractivity contribution is 5.93. The standard InChI is InChI=1S/C24H23FN4O2/c1-14-6-4-5-7-20(14)29-21(31)11-10-19-22(18-9-8-17(25)12-15(18)2)27-24(28-23(19)29)26-13-16(3)30/h4-12,16,30H,13H2,1-3H3,(H,26,27,28)/t16-/m1/s1. The highest BCUT2D eigenvalue weighted by Gasteiger charge is 2.17. The molecule has 2 aromatic carbocycles. The summed E-state index contributed by atoms with van der Waals surface area (Å²) in [4.78, 5) is 22.2. The topological polar surface area (TPSA) is 80.0 Å². The zero-order valence-corrected chi connectivity index (χ0v) is 17.6. The summed E-state index contributed by atoms with van der Waals surface area (Å²) in [6.07, 6.45) is -0.607. The van der Waals surface area contributed by atoms with Crippen molar-refractivity contribution >= 4 is 17.0 Å². The Bertz CT molecular complexity index is 1330. The van der Waals surface area contributed by atoms with E-state index in [9.17, 15) is 14.3 Å². The molecule has 0 radical (unpaired) electrons. The van der Waals surface area contributed by atoms with E-state index in [0.29, 0.717) is 16.7 Å². The van der Waals surface area contributed by atoms with Gasteiger partial charge in [0.2, 0.25) is 5.95 Å². The second-order valence-electron chi connectivity index (χ2n) is 7.62. The van der Waals surface area contributed by atoms with Crippen molar-refractivity contribution in [2.24, 2.45) is 0 Å². The number of aliphatic hydroxyl groups excluding tert-OH is 1. The van der Waals surface area contributed by atoms with Crippen LogP contribution in [-0.2, 0) is 0 Å². The first-order chi connectivity index (χ1) is 14.8. The van der Waals surface area contributed by atoms with Crippen molar-refractivity contribution in [3.8, 4) is 16.9 Å². The van der Waals surface area contributed by atoms with E-state index >= 15 is 0 Å². The number of hydrogen-bond donors (Lipinski definition) is 2. The summed E-state index contributed by atoms with van der Waals surface area (Å²) in [5.41, 5.74) is 3.90. The Labute approximate surface area is 179 Å². The number of benzene rings is 2. The predicted molar refractivity (Wildman–Crippen MR) is 120 cm³/mol. The number of aromatic nitrogens is 3. The molecule has 0 amide bonds. The fourth-order valence-corrected chi connectivity index (χ4v) is 3.58. The maximum Gasteiger partial charge on any atom is 0.256 e. The number of pyridine rings is 1. The predicted octanol–water partition coefficient (Wildman–Crippen LogP) is 4.00. The highest BCUT2D eigenvalue weighted by atomic mass is 19.1. The Morgan fingerprint density at radius 2 is 1.84 bits per heavy atom. The van der Waals surface area contributed by atoms with Gasteiger partial charge in [0, 0.05) is 23.6 Å². The van der Waals surface area contributed by atoms with Gasteiger partial charge in [0.1, 0.15) is 5.82 Å². The molecule has 0 aliphatic carbocycles. The third-order valence-corrected chi connectivity index (χ3v) is 5.11. The normalized spacial score (nSPS) is 12.2. The highest BCUT2D eigenvalue weighted by Crippen LogP contribution is 2.30. The summed E-state index contributed by atoms with van der Waals surface area (Å²) in [5, 5.41) is 13.4.